The van der Waals surface area contributed by atoms with E-state index in [0.29, 0.717) is 18.9 Å². The van der Waals surface area contributed by atoms with E-state index in [-0.39, 0.29) is 28.3 Å². The Balaban J connectivity index is 1.77. The molecule has 1 saturated carbocycles. The number of hydrogen-bond donors (Lipinski definition) is 0. The highest BCUT2D eigenvalue weighted by Gasteiger charge is 2.39. The van der Waals surface area contributed by atoms with E-state index >= 15 is 0 Å². The molecule has 1 aromatic rings. The molecule has 0 spiro atoms. The third kappa shape index (κ3) is 3.20. The Labute approximate surface area is 144 Å². The van der Waals surface area contributed by atoms with Crippen molar-refractivity contribution in [3.63, 3.8) is 0 Å². The predicted octanol–water partition coefficient (Wildman–Crippen LogP) is 2.86. The van der Waals surface area contributed by atoms with Crippen LogP contribution >= 0.6 is 15.9 Å². The lowest BCUT2D eigenvalue weighted by molar-refractivity contribution is -0.128. The Hall–Kier alpha value is -1.24. The molecule has 23 heavy (non-hydrogen) atoms. The minimum absolute atomic E-state index is 0.0473. The average Bonchev–Trinajstić information content (AvgIpc) is 3.23. The number of ketones is 1. The summed E-state index contributed by atoms with van der Waals surface area (Å²) in [5.74, 6) is 0.317. The minimum Gasteiger partial charge on any atom is -0.418 e. The molecule has 2 heterocycles. The quantitative estimate of drug-likeness (QED) is 0.589. The van der Waals surface area contributed by atoms with Crippen molar-refractivity contribution in [1.29, 1.82) is 0 Å². The second-order valence-electron chi connectivity index (χ2n) is 6.78. The largest absolute Gasteiger partial charge is 0.418 e. The molecule has 1 atom stereocenters. The van der Waals surface area contributed by atoms with Crippen molar-refractivity contribution >= 4 is 27.6 Å². The van der Waals surface area contributed by atoms with Crippen molar-refractivity contribution in [1.82, 2.24) is 15.1 Å². The summed E-state index contributed by atoms with van der Waals surface area (Å²) in [4.78, 5) is 26.2. The fourth-order valence-corrected chi connectivity index (χ4v) is 3.99. The summed E-state index contributed by atoms with van der Waals surface area (Å²) in [6.07, 6.45) is 7.05. The van der Waals surface area contributed by atoms with E-state index in [1.54, 1.807) is 4.90 Å². The maximum Gasteiger partial charge on any atom is 0.286 e. The van der Waals surface area contributed by atoms with Crippen molar-refractivity contribution in [3.05, 3.63) is 11.8 Å². The third-order valence-electron chi connectivity index (χ3n) is 5.10. The van der Waals surface area contributed by atoms with E-state index in [1.807, 2.05) is 0 Å². The third-order valence-corrected chi connectivity index (χ3v) is 5.58. The molecular weight excluding hydrogens is 362 g/mol. The summed E-state index contributed by atoms with van der Waals surface area (Å²) in [5, 5.41) is 8.35. The molecule has 3 rings (SSSR count). The molecule has 126 valence electrons. The van der Waals surface area contributed by atoms with Gasteiger partial charge in [-0.15, -0.1) is 10.2 Å². The summed E-state index contributed by atoms with van der Waals surface area (Å²) < 4.78 is 5.74. The SMILES string of the molecule is CC1(c2nnc(C(=O)[C@@H]3CCCN3C(=O)CBr)o2)CCCCC1. The lowest BCUT2D eigenvalue weighted by atomic mass is 9.76. The van der Waals surface area contributed by atoms with Crippen molar-refractivity contribution in [3.8, 4) is 0 Å². The highest BCUT2D eigenvalue weighted by molar-refractivity contribution is 9.09. The monoisotopic (exact) mass is 383 g/mol. The summed E-state index contributed by atoms with van der Waals surface area (Å²) >= 11 is 3.17. The van der Waals surface area contributed by atoms with Crippen molar-refractivity contribution < 1.29 is 14.0 Å². The van der Waals surface area contributed by atoms with E-state index in [0.717, 1.165) is 32.1 Å². The van der Waals surface area contributed by atoms with Gasteiger partial charge in [-0.3, -0.25) is 9.59 Å². The predicted molar refractivity (Wildman–Crippen MR) is 87.6 cm³/mol. The Bertz CT molecular complexity index is 595. The fraction of sp³-hybridized carbons (Fsp3) is 0.750. The number of likely N-dealkylation sites (tertiary alicyclic amines) is 1. The highest BCUT2D eigenvalue weighted by atomic mass is 79.9. The molecule has 0 unspecified atom stereocenters. The summed E-state index contributed by atoms with van der Waals surface area (Å²) in [6, 6.07) is -0.465. The van der Waals surface area contributed by atoms with Gasteiger partial charge in [-0.2, -0.15) is 0 Å². The van der Waals surface area contributed by atoms with E-state index in [2.05, 4.69) is 33.1 Å². The zero-order valence-electron chi connectivity index (χ0n) is 13.4. The van der Waals surface area contributed by atoms with Gasteiger partial charge in [-0.1, -0.05) is 42.1 Å². The molecule has 1 aliphatic heterocycles. The fourth-order valence-electron chi connectivity index (χ4n) is 3.67. The van der Waals surface area contributed by atoms with Gasteiger partial charge in [0.1, 0.15) is 6.04 Å². The normalized spacial score (nSPS) is 23.9. The van der Waals surface area contributed by atoms with Gasteiger partial charge in [-0.05, 0) is 25.7 Å². The van der Waals surface area contributed by atoms with Crippen LogP contribution in [0.3, 0.4) is 0 Å². The van der Waals surface area contributed by atoms with Gasteiger partial charge < -0.3 is 9.32 Å². The zero-order chi connectivity index (χ0) is 16.4. The first-order valence-corrected chi connectivity index (χ1v) is 9.41. The molecule has 1 amide bonds. The lowest BCUT2D eigenvalue weighted by Gasteiger charge is -2.29. The first-order valence-electron chi connectivity index (χ1n) is 8.29. The van der Waals surface area contributed by atoms with E-state index in [9.17, 15) is 9.59 Å². The van der Waals surface area contributed by atoms with E-state index < -0.39 is 6.04 Å². The standard InChI is InChI=1S/C16H22BrN3O3/c1-16(7-3-2-4-8-16)15-19-18-14(23-15)13(22)11-6-5-9-20(11)12(21)10-17/h11H,2-10H2,1H3/t11-/m0/s1. The lowest BCUT2D eigenvalue weighted by Crippen LogP contribution is -2.41. The van der Waals surface area contributed by atoms with Crippen LogP contribution in [0.2, 0.25) is 0 Å². The maximum atomic E-state index is 12.7. The number of alkyl halides is 1. The molecule has 0 N–H and O–H groups in total. The van der Waals surface area contributed by atoms with Crippen LogP contribution in [0.1, 0.15) is 68.4 Å². The van der Waals surface area contributed by atoms with Gasteiger partial charge in [0.15, 0.2) is 0 Å². The van der Waals surface area contributed by atoms with Crippen LogP contribution in [-0.2, 0) is 10.2 Å². The Kier molecular flexibility index (Phi) is 4.85. The number of carbonyl (C=O) groups is 2. The Morgan fingerprint density at radius 1 is 1.26 bits per heavy atom. The number of Topliss-reactive ketones (excluding diaryl/α,β-unsaturated/α-hetero) is 1. The van der Waals surface area contributed by atoms with Gasteiger partial charge in [0.2, 0.25) is 17.6 Å². The molecule has 2 fully saturated rings. The Morgan fingerprint density at radius 3 is 2.70 bits per heavy atom. The summed E-state index contributed by atoms with van der Waals surface area (Å²) in [6.45, 7) is 2.74. The van der Waals surface area contributed by atoms with Crippen molar-refractivity contribution in [2.45, 2.75) is 63.3 Å². The zero-order valence-corrected chi connectivity index (χ0v) is 15.0. The number of hydrogen-bond acceptors (Lipinski definition) is 5. The molecule has 1 aliphatic carbocycles. The number of halogens is 1. The van der Waals surface area contributed by atoms with Crippen LogP contribution in [-0.4, -0.2) is 44.7 Å². The summed E-state index contributed by atoms with van der Waals surface area (Å²) in [7, 11) is 0. The summed E-state index contributed by atoms with van der Waals surface area (Å²) in [5.41, 5.74) is -0.120. The van der Waals surface area contributed by atoms with Crippen molar-refractivity contribution in [2.75, 3.05) is 11.9 Å². The molecule has 2 aliphatic rings. The molecule has 0 radical (unpaired) electrons. The molecule has 6 nitrogen and oxygen atoms in total. The molecular formula is C16H22BrN3O3. The average molecular weight is 384 g/mol. The highest BCUT2D eigenvalue weighted by Crippen LogP contribution is 2.38. The number of nitrogens with zero attached hydrogens (tertiary/aromatic N) is 3. The second kappa shape index (κ2) is 6.71. The minimum atomic E-state index is -0.465. The number of aromatic nitrogens is 2. The number of amides is 1. The second-order valence-corrected chi connectivity index (χ2v) is 7.34. The van der Waals surface area contributed by atoms with Crippen molar-refractivity contribution in [2.24, 2.45) is 0 Å². The van der Waals surface area contributed by atoms with Gasteiger partial charge in [0, 0.05) is 12.0 Å². The van der Waals surface area contributed by atoms with Gasteiger partial charge in [0.25, 0.3) is 5.89 Å². The van der Waals surface area contributed by atoms with E-state index in [4.69, 9.17) is 4.42 Å². The molecule has 7 heteroatoms. The molecule has 1 aromatic heterocycles. The number of rotatable bonds is 4. The maximum absolute atomic E-state index is 12.7. The molecule has 0 bridgehead atoms. The smallest absolute Gasteiger partial charge is 0.286 e. The van der Waals surface area contributed by atoms with Crippen LogP contribution in [0.25, 0.3) is 0 Å². The topological polar surface area (TPSA) is 76.3 Å². The van der Waals surface area contributed by atoms with Gasteiger partial charge in [-0.25, -0.2) is 0 Å². The first-order chi connectivity index (χ1) is 11.0. The van der Waals surface area contributed by atoms with Crippen LogP contribution < -0.4 is 0 Å². The van der Waals surface area contributed by atoms with Crippen LogP contribution in [0, 0.1) is 0 Å². The first kappa shape index (κ1) is 16.6. The molecule has 0 aromatic carbocycles. The van der Waals surface area contributed by atoms with Crippen LogP contribution in [0.4, 0.5) is 0 Å². The van der Waals surface area contributed by atoms with Crippen LogP contribution in [0.5, 0.6) is 0 Å². The number of carbonyl (C=O) groups excluding carboxylic acids is 2. The molecule has 1 saturated heterocycles. The van der Waals surface area contributed by atoms with E-state index in [1.165, 1.54) is 6.42 Å². The van der Waals surface area contributed by atoms with Gasteiger partial charge >= 0.3 is 0 Å². The van der Waals surface area contributed by atoms with Crippen LogP contribution in [0.15, 0.2) is 4.42 Å². The Morgan fingerprint density at radius 2 is 2.00 bits per heavy atom. The van der Waals surface area contributed by atoms with Gasteiger partial charge in [0.05, 0.1) is 5.33 Å².